The van der Waals surface area contributed by atoms with Gasteiger partial charge in [0.2, 0.25) is 5.91 Å². The van der Waals surface area contributed by atoms with Gasteiger partial charge in [-0.15, -0.1) is 0 Å². The Kier molecular flexibility index (Phi) is 6.66. The number of carbonyl (C=O) groups is 3. The number of rotatable bonds is 7. The predicted octanol–water partition coefficient (Wildman–Crippen LogP) is 2.85. The monoisotopic (exact) mass is 439 g/mol. The Labute approximate surface area is 179 Å². The van der Waals surface area contributed by atoms with Gasteiger partial charge in [-0.05, 0) is 30.5 Å². The summed E-state index contributed by atoms with van der Waals surface area (Å²) in [6.45, 7) is -3.18. The van der Waals surface area contributed by atoms with E-state index >= 15 is 0 Å². The van der Waals surface area contributed by atoms with Gasteiger partial charge in [0, 0.05) is 20.6 Å². The summed E-state index contributed by atoms with van der Waals surface area (Å²) in [7, 11) is 4.49. The van der Waals surface area contributed by atoms with Crippen LogP contribution in [0.1, 0.15) is 37.7 Å². The first kappa shape index (κ1) is 22.8. The molecule has 1 aliphatic heterocycles. The van der Waals surface area contributed by atoms with E-state index in [1.54, 1.807) is 20.2 Å². The number of halogens is 2. The molecule has 0 aromatic heterocycles. The summed E-state index contributed by atoms with van der Waals surface area (Å²) in [6, 6.07) is 3.93. The summed E-state index contributed by atoms with van der Waals surface area (Å²) in [5, 5.41) is 0. The first-order chi connectivity index (χ1) is 14.7. The number of ether oxygens (including phenoxy) is 2. The summed E-state index contributed by atoms with van der Waals surface area (Å²) in [6.07, 6.45) is 4.00. The van der Waals surface area contributed by atoms with Crippen molar-refractivity contribution in [2.45, 2.75) is 50.8 Å². The lowest BCUT2D eigenvalue weighted by Crippen LogP contribution is -2.49. The maximum Gasteiger partial charge on any atom is 0.387 e. The van der Waals surface area contributed by atoms with E-state index in [9.17, 15) is 23.2 Å². The van der Waals surface area contributed by atoms with Crippen LogP contribution in [0, 0.1) is 0 Å². The molecule has 0 radical (unpaired) electrons. The Hall–Kier alpha value is -2.91. The predicted molar refractivity (Wildman–Crippen MR) is 107 cm³/mol. The van der Waals surface area contributed by atoms with Gasteiger partial charge in [-0.1, -0.05) is 25.3 Å². The van der Waals surface area contributed by atoms with Crippen molar-refractivity contribution in [2.24, 2.45) is 0 Å². The number of urea groups is 1. The van der Waals surface area contributed by atoms with E-state index in [-0.39, 0.29) is 30.5 Å². The number of methoxy groups -OCH3 is 1. The van der Waals surface area contributed by atoms with Gasteiger partial charge >= 0.3 is 12.6 Å². The standard InChI is InChI=1S/C21H27F2N3O5/c1-24(12-14-7-8-15(31-19(22)23)16(11-14)30-3)17(27)13-26-18(28)21(25(2)20(26)29)9-5-4-6-10-21/h7-8,11,19H,4-6,9-10,12-13H2,1-3H3. The molecule has 0 atom stereocenters. The molecular weight excluding hydrogens is 412 g/mol. The highest BCUT2D eigenvalue weighted by molar-refractivity contribution is 6.08. The molecule has 1 aliphatic carbocycles. The van der Waals surface area contributed by atoms with Crippen LogP contribution in [0.25, 0.3) is 0 Å². The Morgan fingerprint density at radius 2 is 1.87 bits per heavy atom. The minimum absolute atomic E-state index is 0.107. The number of alkyl halides is 2. The van der Waals surface area contributed by atoms with Crippen LogP contribution in [0.4, 0.5) is 13.6 Å². The number of likely N-dealkylation sites (N-methyl/N-ethyl adjacent to an activating group) is 2. The van der Waals surface area contributed by atoms with Crippen molar-refractivity contribution in [1.29, 1.82) is 0 Å². The third-order valence-electron chi connectivity index (χ3n) is 6.07. The normalized spacial score (nSPS) is 18.1. The second-order valence-electron chi connectivity index (χ2n) is 7.94. The van der Waals surface area contributed by atoms with Gasteiger partial charge in [0.15, 0.2) is 11.5 Å². The van der Waals surface area contributed by atoms with Gasteiger partial charge in [0.1, 0.15) is 12.1 Å². The number of benzene rings is 1. The Morgan fingerprint density at radius 3 is 2.48 bits per heavy atom. The van der Waals surface area contributed by atoms with Crippen molar-refractivity contribution < 1.29 is 32.6 Å². The molecule has 0 N–H and O–H groups in total. The highest BCUT2D eigenvalue weighted by Crippen LogP contribution is 2.39. The maximum atomic E-state index is 13.0. The third kappa shape index (κ3) is 4.42. The molecule has 1 spiro atoms. The Balaban J connectivity index is 1.67. The SMILES string of the molecule is COc1cc(CN(C)C(=O)CN2C(=O)N(C)C3(CCCCC3)C2=O)ccc1OC(F)F. The molecule has 0 unspecified atom stereocenters. The number of hydrogen-bond donors (Lipinski definition) is 0. The first-order valence-corrected chi connectivity index (χ1v) is 10.1. The number of carbonyl (C=O) groups excluding carboxylic acids is 3. The average Bonchev–Trinajstić information content (AvgIpc) is 2.91. The van der Waals surface area contributed by atoms with Crippen LogP contribution in [-0.4, -0.2) is 72.4 Å². The molecule has 1 saturated heterocycles. The lowest BCUT2D eigenvalue weighted by Gasteiger charge is -2.35. The van der Waals surface area contributed by atoms with Crippen LogP contribution in [0.3, 0.4) is 0 Å². The van der Waals surface area contributed by atoms with E-state index in [1.807, 2.05) is 0 Å². The zero-order valence-corrected chi connectivity index (χ0v) is 17.9. The molecule has 2 fully saturated rings. The third-order valence-corrected chi connectivity index (χ3v) is 6.07. The van der Waals surface area contributed by atoms with E-state index in [0.717, 1.165) is 24.2 Å². The molecule has 1 aromatic rings. The summed E-state index contributed by atoms with van der Waals surface area (Å²) in [5.41, 5.74) is -0.212. The van der Waals surface area contributed by atoms with Crippen molar-refractivity contribution in [1.82, 2.24) is 14.7 Å². The van der Waals surface area contributed by atoms with Crippen LogP contribution >= 0.6 is 0 Å². The zero-order valence-electron chi connectivity index (χ0n) is 17.9. The molecule has 8 nitrogen and oxygen atoms in total. The second-order valence-corrected chi connectivity index (χ2v) is 7.94. The van der Waals surface area contributed by atoms with Crippen molar-refractivity contribution in [3.63, 3.8) is 0 Å². The van der Waals surface area contributed by atoms with E-state index < -0.39 is 24.1 Å². The number of hydrogen-bond acceptors (Lipinski definition) is 5. The van der Waals surface area contributed by atoms with Gasteiger partial charge in [-0.25, -0.2) is 4.79 Å². The maximum absolute atomic E-state index is 13.0. The smallest absolute Gasteiger partial charge is 0.387 e. The van der Waals surface area contributed by atoms with Gasteiger partial charge in [0.05, 0.1) is 7.11 Å². The molecule has 2 aliphatic rings. The fourth-order valence-corrected chi connectivity index (χ4v) is 4.29. The summed E-state index contributed by atoms with van der Waals surface area (Å²) in [4.78, 5) is 42.3. The molecule has 1 heterocycles. The molecular formula is C21H27F2N3O5. The van der Waals surface area contributed by atoms with Crippen LogP contribution in [-0.2, 0) is 16.1 Å². The molecule has 3 rings (SSSR count). The summed E-state index contributed by atoms with van der Waals surface area (Å²) in [5.74, 6) is -0.708. The lowest BCUT2D eigenvalue weighted by molar-refractivity contribution is -0.140. The van der Waals surface area contributed by atoms with Gasteiger partial charge < -0.3 is 19.3 Å². The first-order valence-electron chi connectivity index (χ1n) is 10.1. The van der Waals surface area contributed by atoms with Crippen molar-refractivity contribution in [3.8, 4) is 11.5 Å². The number of nitrogens with zero attached hydrogens (tertiary/aromatic N) is 3. The van der Waals surface area contributed by atoms with E-state index in [0.29, 0.717) is 18.4 Å². The number of imide groups is 1. The molecule has 0 bridgehead atoms. The molecule has 170 valence electrons. The lowest BCUT2D eigenvalue weighted by atomic mass is 9.81. The fraction of sp³-hybridized carbons (Fsp3) is 0.571. The molecule has 4 amide bonds. The quantitative estimate of drug-likeness (QED) is 0.611. The van der Waals surface area contributed by atoms with Crippen LogP contribution in [0.2, 0.25) is 0 Å². The van der Waals surface area contributed by atoms with Crippen molar-refractivity contribution in [2.75, 3.05) is 27.7 Å². The van der Waals surface area contributed by atoms with Crippen LogP contribution in [0.15, 0.2) is 18.2 Å². The van der Waals surface area contributed by atoms with Gasteiger partial charge in [-0.3, -0.25) is 14.5 Å². The van der Waals surface area contributed by atoms with Crippen LogP contribution < -0.4 is 9.47 Å². The Morgan fingerprint density at radius 1 is 1.19 bits per heavy atom. The van der Waals surface area contributed by atoms with E-state index in [1.165, 1.54) is 29.0 Å². The minimum atomic E-state index is -2.98. The van der Waals surface area contributed by atoms with Gasteiger partial charge in [-0.2, -0.15) is 8.78 Å². The fourth-order valence-electron chi connectivity index (χ4n) is 4.29. The topological polar surface area (TPSA) is 79.4 Å². The average molecular weight is 439 g/mol. The second kappa shape index (κ2) is 9.07. The molecule has 1 saturated carbocycles. The van der Waals surface area contributed by atoms with Crippen molar-refractivity contribution >= 4 is 17.8 Å². The number of amides is 4. The Bertz CT molecular complexity index is 857. The molecule has 1 aromatic carbocycles. The molecule has 10 heteroatoms. The summed E-state index contributed by atoms with van der Waals surface area (Å²) < 4.78 is 34.4. The summed E-state index contributed by atoms with van der Waals surface area (Å²) >= 11 is 0. The highest BCUT2D eigenvalue weighted by Gasteiger charge is 2.55. The van der Waals surface area contributed by atoms with Crippen LogP contribution in [0.5, 0.6) is 11.5 Å². The van der Waals surface area contributed by atoms with E-state index in [4.69, 9.17) is 4.74 Å². The largest absolute Gasteiger partial charge is 0.493 e. The van der Waals surface area contributed by atoms with E-state index in [2.05, 4.69) is 4.74 Å². The van der Waals surface area contributed by atoms with Gasteiger partial charge in [0.25, 0.3) is 5.91 Å². The highest BCUT2D eigenvalue weighted by atomic mass is 19.3. The molecule has 31 heavy (non-hydrogen) atoms. The minimum Gasteiger partial charge on any atom is -0.493 e. The van der Waals surface area contributed by atoms with Crippen molar-refractivity contribution in [3.05, 3.63) is 23.8 Å². The zero-order chi connectivity index (χ0) is 22.8.